The maximum absolute atomic E-state index is 11.7. The Balaban J connectivity index is 1.84. The zero-order chi connectivity index (χ0) is 19.1. The smallest absolute Gasteiger partial charge is 0.325 e. The van der Waals surface area contributed by atoms with Crippen LogP contribution < -0.4 is 10.1 Å². The molecule has 1 fully saturated rings. The van der Waals surface area contributed by atoms with Crippen molar-refractivity contribution in [2.24, 2.45) is 5.10 Å². The van der Waals surface area contributed by atoms with E-state index in [2.05, 4.69) is 15.3 Å². The molecular formula is C18H27N5O3. The third kappa shape index (κ3) is 5.73. The van der Waals surface area contributed by atoms with Crippen molar-refractivity contribution in [3.63, 3.8) is 0 Å². The van der Waals surface area contributed by atoms with E-state index in [4.69, 9.17) is 4.74 Å². The van der Waals surface area contributed by atoms with Crippen molar-refractivity contribution in [1.82, 2.24) is 20.1 Å². The van der Waals surface area contributed by atoms with Crippen LogP contribution in [0.3, 0.4) is 0 Å². The van der Waals surface area contributed by atoms with E-state index in [0.717, 1.165) is 29.2 Å². The van der Waals surface area contributed by atoms with Crippen LogP contribution in [0.15, 0.2) is 29.4 Å². The van der Waals surface area contributed by atoms with Gasteiger partial charge in [0.2, 0.25) is 5.91 Å². The first-order chi connectivity index (χ1) is 12.4. The predicted octanol–water partition coefficient (Wildman–Crippen LogP) is 1.18. The fourth-order valence-electron chi connectivity index (χ4n) is 2.39. The van der Waals surface area contributed by atoms with Gasteiger partial charge in [-0.3, -0.25) is 14.7 Å². The quantitative estimate of drug-likeness (QED) is 0.427. The number of imide groups is 1. The summed E-state index contributed by atoms with van der Waals surface area (Å²) in [4.78, 5) is 26.6. The third-order valence-corrected chi connectivity index (χ3v) is 4.08. The third-order valence-electron chi connectivity index (χ3n) is 4.08. The van der Waals surface area contributed by atoms with Crippen LogP contribution in [-0.4, -0.2) is 80.5 Å². The molecule has 0 radical (unpaired) electrons. The molecule has 3 amide bonds. The monoisotopic (exact) mass is 361 g/mol. The van der Waals surface area contributed by atoms with Gasteiger partial charge in [-0.25, -0.2) is 4.79 Å². The molecule has 1 unspecified atom stereocenters. The average molecular weight is 361 g/mol. The number of nitrogens with zero attached hydrogens (tertiary/aromatic N) is 4. The highest BCUT2D eigenvalue weighted by atomic mass is 16.5. The second-order valence-electron chi connectivity index (χ2n) is 6.51. The van der Waals surface area contributed by atoms with Crippen molar-refractivity contribution in [2.45, 2.75) is 19.0 Å². The van der Waals surface area contributed by atoms with E-state index in [1.807, 2.05) is 38.4 Å². The highest BCUT2D eigenvalue weighted by Gasteiger charge is 2.31. The second kappa shape index (κ2) is 9.19. The van der Waals surface area contributed by atoms with E-state index in [1.165, 1.54) is 7.05 Å². The summed E-state index contributed by atoms with van der Waals surface area (Å²) in [5, 5.41) is 8.62. The van der Waals surface area contributed by atoms with Gasteiger partial charge in [0.25, 0.3) is 0 Å². The van der Waals surface area contributed by atoms with Gasteiger partial charge in [0, 0.05) is 20.6 Å². The lowest BCUT2D eigenvalue weighted by molar-refractivity contribution is -0.130. The lowest BCUT2D eigenvalue weighted by Gasteiger charge is -2.32. The number of ether oxygens (including phenoxy) is 1. The summed E-state index contributed by atoms with van der Waals surface area (Å²) in [6.07, 6.45) is 2.41. The first-order valence-corrected chi connectivity index (χ1v) is 8.58. The minimum Gasteiger partial charge on any atom is -0.494 e. The number of hydrogen-bond donors (Lipinski definition) is 1. The summed E-state index contributed by atoms with van der Waals surface area (Å²) >= 11 is 0. The number of urea groups is 1. The SMILES string of the molecule is CN(C)CCCOc1ccc(C=NN(C)C2CC(=O)N(C)C(=O)N2)cc1. The molecule has 142 valence electrons. The molecule has 1 heterocycles. The molecular weight excluding hydrogens is 334 g/mol. The Kier molecular flexibility index (Phi) is 6.97. The van der Waals surface area contributed by atoms with Gasteiger partial charge < -0.3 is 15.0 Å². The Morgan fingerprint density at radius 3 is 2.58 bits per heavy atom. The Hall–Kier alpha value is -2.61. The summed E-state index contributed by atoms with van der Waals surface area (Å²) in [6.45, 7) is 1.67. The van der Waals surface area contributed by atoms with E-state index in [0.29, 0.717) is 6.61 Å². The Morgan fingerprint density at radius 2 is 1.96 bits per heavy atom. The number of hydrazone groups is 1. The van der Waals surface area contributed by atoms with Crippen LogP contribution in [0.4, 0.5) is 4.79 Å². The van der Waals surface area contributed by atoms with Gasteiger partial charge in [0.15, 0.2) is 0 Å². The number of carbonyl (C=O) groups excluding carboxylic acids is 2. The molecule has 1 aromatic rings. The Morgan fingerprint density at radius 1 is 1.27 bits per heavy atom. The molecule has 0 aromatic heterocycles. The van der Waals surface area contributed by atoms with Crippen molar-refractivity contribution < 1.29 is 14.3 Å². The van der Waals surface area contributed by atoms with E-state index in [1.54, 1.807) is 18.3 Å². The maximum Gasteiger partial charge on any atom is 0.325 e. The van der Waals surface area contributed by atoms with Gasteiger partial charge in [0.05, 0.1) is 19.2 Å². The first-order valence-electron chi connectivity index (χ1n) is 8.58. The van der Waals surface area contributed by atoms with Crippen molar-refractivity contribution in [3.05, 3.63) is 29.8 Å². The van der Waals surface area contributed by atoms with Crippen LogP contribution in [0.5, 0.6) is 5.75 Å². The molecule has 1 aliphatic heterocycles. The molecule has 8 nitrogen and oxygen atoms in total. The number of hydrogen-bond acceptors (Lipinski definition) is 6. The summed E-state index contributed by atoms with van der Waals surface area (Å²) in [7, 11) is 7.26. The number of carbonyl (C=O) groups is 2. The van der Waals surface area contributed by atoms with Crippen LogP contribution in [-0.2, 0) is 4.79 Å². The van der Waals surface area contributed by atoms with E-state index >= 15 is 0 Å². The largest absolute Gasteiger partial charge is 0.494 e. The minimum absolute atomic E-state index is 0.190. The van der Waals surface area contributed by atoms with Crippen LogP contribution in [0.2, 0.25) is 0 Å². The predicted molar refractivity (Wildman–Crippen MR) is 100 cm³/mol. The molecule has 8 heteroatoms. The van der Waals surface area contributed by atoms with Gasteiger partial charge >= 0.3 is 6.03 Å². The van der Waals surface area contributed by atoms with Crippen LogP contribution in [0, 0.1) is 0 Å². The van der Waals surface area contributed by atoms with E-state index < -0.39 is 12.2 Å². The van der Waals surface area contributed by atoms with Crippen LogP contribution in [0.25, 0.3) is 0 Å². The summed E-state index contributed by atoms with van der Waals surface area (Å²) < 4.78 is 5.69. The topological polar surface area (TPSA) is 77.5 Å². The Labute approximate surface area is 154 Å². The van der Waals surface area contributed by atoms with Gasteiger partial charge in [-0.2, -0.15) is 5.10 Å². The normalized spacial score (nSPS) is 17.7. The van der Waals surface area contributed by atoms with Gasteiger partial charge in [-0.15, -0.1) is 0 Å². The maximum atomic E-state index is 11.7. The van der Waals surface area contributed by atoms with Crippen LogP contribution >= 0.6 is 0 Å². The second-order valence-corrected chi connectivity index (χ2v) is 6.51. The molecule has 0 spiro atoms. The molecule has 0 saturated carbocycles. The summed E-state index contributed by atoms with van der Waals surface area (Å²) in [5.41, 5.74) is 0.906. The molecule has 0 bridgehead atoms. The molecule has 1 aromatic carbocycles. The molecule has 0 aliphatic carbocycles. The van der Waals surface area contributed by atoms with Crippen molar-refractivity contribution in [2.75, 3.05) is 41.3 Å². The van der Waals surface area contributed by atoms with E-state index in [9.17, 15) is 9.59 Å². The fraction of sp³-hybridized carbons (Fsp3) is 0.500. The first kappa shape index (κ1) is 19.7. The minimum atomic E-state index is -0.443. The number of benzene rings is 1. The fourth-order valence-corrected chi connectivity index (χ4v) is 2.39. The molecule has 1 saturated heterocycles. The van der Waals surface area contributed by atoms with Gasteiger partial charge in [0.1, 0.15) is 11.9 Å². The molecule has 1 N–H and O–H groups in total. The lowest BCUT2D eigenvalue weighted by Crippen LogP contribution is -2.57. The molecule has 1 atom stereocenters. The van der Waals surface area contributed by atoms with E-state index in [-0.39, 0.29) is 12.3 Å². The number of nitrogens with one attached hydrogen (secondary N) is 1. The van der Waals surface area contributed by atoms with Crippen molar-refractivity contribution in [1.29, 1.82) is 0 Å². The number of rotatable bonds is 8. The Bertz CT molecular complexity index is 627. The summed E-state index contributed by atoms with van der Waals surface area (Å²) in [5.74, 6) is 0.596. The van der Waals surface area contributed by atoms with Crippen LogP contribution in [0.1, 0.15) is 18.4 Å². The molecule has 2 rings (SSSR count). The van der Waals surface area contributed by atoms with Crippen molar-refractivity contribution in [3.8, 4) is 5.75 Å². The van der Waals surface area contributed by atoms with Crippen molar-refractivity contribution >= 4 is 18.2 Å². The molecule has 26 heavy (non-hydrogen) atoms. The standard InChI is InChI=1S/C18H27N5O3/c1-21(2)10-5-11-26-15-8-6-14(7-9-15)13-19-23(4)16-12-17(24)22(3)18(25)20-16/h6-9,13,16H,5,10-12H2,1-4H3,(H,20,25). The average Bonchev–Trinajstić information content (AvgIpc) is 2.61. The highest BCUT2D eigenvalue weighted by Crippen LogP contribution is 2.12. The zero-order valence-corrected chi connectivity index (χ0v) is 15.8. The highest BCUT2D eigenvalue weighted by molar-refractivity contribution is 5.96. The molecule has 1 aliphatic rings. The van der Waals surface area contributed by atoms with Gasteiger partial charge in [-0.1, -0.05) is 0 Å². The zero-order valence-electron chi connectivity index (χ0n) is 15.8. The van der Waals surface area contributed by atoms with Gasteiger partial charge in [-0.05, 0) is 50.3 Å². The lowest BCUT2D eigenvalue weighted by atomic mass is 10.2. The number of amides is 3. The summed E-state index contributed by atoms with van der Waals surface area (Å²) in [6, 6.07) is 7.22.